The number of aliphatic imine (C=N–C) groups is 1. The van der Waals surface area contributed by atoms with Gasteiger partial charge in [-0.2, -0.15) is 10.5 Å². The monoisotopic (exact) mass is 718 g/mol. The van der Waals surface area contributed by atoms with Gasteiger partial charge in [-0.15, -0.1) is 0 Å². The number of aromatic nitrogens is 2. The molecule has 0 N–H and O–H groups in total. The highest BCUT2D eigenvalue weighted by molar-refractivity contribution is 6.68. The fourth-order valence-electron chi connectivity index (χ4n) is 9.57. The van der Waals surface area contributed by atoms with Gasteiger partial charge in [-0.1, -0.05) is 119 Å². The summed E-state index contributed by atoms with van der Waals surface area (Å²) in [5.41, 5.74) is 5.72. The minimum Gasteiger partial charge on any atom is -0.520 e. The Balaban J connectivity index is 0.944. The molecular formula is C46H27BN8O. The third-order valence-corrected chi connectivity index (χ3v) is 12.0. The van der Waals surface area contributed by atoms with Crippen LogP contribution in [0.3, 0.4) is 0 Å². The second-order valence-electron chi connectivity index (χ2n) is 14.7. The fourth-order valence-corrected chi connectivity index (χ4v) is 9.57. The van der Waals surface area contributed by atoms with Crippen LogP contribution in [-0.4, -0.2) is 38.5 Å². The van der Waals surface area contributed by atoms with Gasteiger partial charge in [0.05, 0.1) is 23.3 Å². The Labute approximate surface area is 320 Å². The van der Waals surface area contributed by atoms with Gasteiger partial charge >= 0.3 is 6.75 Å². The molecule has 2 atom stereocenters. The van der Waals surface area contributed by atoms with Gasteiger partial charge in [0.2, 0.25) is 11.7 Å². The van der Waals surface area contributed by atoms with Crippen LogP contribution >= 0.6 is 0 Å². The summed E-state index contributed by atoms with van der Waals surface area (Å²) in [5.74, 6) is 9.64. The van der Waals surface area contributed by atoms with Crippen molar-refractivity contribution in [1.82, 2.24) is 8.96 Å². The first-order chi connectivity index (χ1) is 27.7. The number of amidine groups is 2. The molecular weight excluding hydrogens is 691 g/mol. The molecule has 0 amide bonds. The van der Waals surface area contributed by atoms with E-state index in [1.807, 2.05) is 97.1 Å². The molecule has 0 saturated heterocycles. The third kappa shape index (κ3) is 3.72. The molecule has 6 aliphatic rings. The molecule has 260 valence electrons. The summed E-state index contributed by atoms with van der Waals surface area (Å²) >= 11 is 0. The highest BCUT2D eigenvalue weighted by Crippen LogP contribution is 2.52. The Bertz CT molecular complexity index is 3310. The zero-order chi connectivity index (χ0) is 37.2. The maximum Gasteiger partial charge on any atom is 0.512 e. The van der Waals surface area contributed by atoms with E-state index < -0.39 is 12.2 Å². The van der Waals surface area contributed by atoms with E-state index in [1.54, 1.807) is 0 Å². The summed E-state index contributed by atoms with van der Waals surface area (Å²) in [7, 11) is 0. The predicted octanol–water partition coefficient (Wildman–Crippen LogP) is 6.75. The average molecular weight is 719 g/mol. The Morgan fingerprint density at radius 1 is 0.732 bits per heavy atom. The van der Waals surface area contributed by atoms with Crippen LogP contribution in [-0.2, 0) is 4.65 Å². The summed E-state index contributed by atoms with van der Waals surface area (Å²) in [6, 6.07) is 37.5. The topological polar surface area (TPSA) is 107 Å². The van der Waals surface area contributed by atoms with Crippen LogP contribution < -0.4 is 11.0 Å². The second-order valence-corrected chi connectivity index (χ2v) is 14.7. The van der Waals surface area contributed by atoms with E-state index in [1.165, 1.54) is 0 Å². The van der Waals surface area contributed by atoms with Crippen molar-refractivity contribution in [2.45, 2.75) is 6.42 Å². The zero-order valence-corrected chi connectivity index (χ0v) is 29.8. The predicted molar refractivity (Wildman–Crippen MR) is 215 cm³/mol. The summed E-state index contributed by atoms with van der Waals surface area (Å²) < 4.78 is 14.0. The van der Waals surface area contributed by atoms with Crippen LogP contribution in [0.1, 0.15) is 28.7 Å². The Kier molecular flexibility index (Phi) is 6.05. The standard InChI is InChI=1S/C46H27BN8O/c48-27-46(28-49)38-20-3-1-2-13-31(38)26-39(46)30-23-21-29(22-24-30)12-10-11-25-56-47-53-40-32-14-4-5-15-33(32)41(53)51-43-36-18-8-9-19-37(36)45(55(43)47)52-44-35-17-7-6-16-34(35)42(50-40)54(44)47/h1-9,13-24,26,38H,11,25H2/t38-/m1/s1. The third-order valence-electron chi connectivity index (χ3n) is 12.0. The lowest BCUT2D eigenvalue weighted by molar-refractivity contribution is -0.299. The Morgan fingerprint density at radius 2 is 1.41 bits per heavy atom. The second kappa shape index (κ2) is 11.0. The molecule has 6 aromatic rings. The minimum atomic E-state index is -2.23. The summed E-state index contributed by atoms with van der Waals surface area (Å²) in [5, 5.41) is 24.7. The number of benzene rings is 4. The number of nitriles is 2. The van der Waals surface area contributed by atoms with Crippen molar-refractivity contribution in [2.75, 3.05) is 6.61 Å². The van der Waals surface area contributed by atoms with Crippen molar-refractivity contribution in [3.05, 3.63) is 172 Å². The number of fused-ring (bicyclic) bond motifs is 10. The smallest absolute Gasteiger partial charge is 0.512 e. The first-order valence-corrected chi connectivity index (χ1v) is 18.7. The molecule has 0 radical (unpaired) electrons. The van der Waals surface area contributed by atoms with Crippen molar-refractivity contribution < 1.29 is 9.14 Å². The molecule has 12 rings (SSSR count). The molecule has 1 unspecified atom stereocenters. The van der Waals surface area contributed by atoms with E-state index in [2.05, 4.69) is 73.8 Å². The number of hydrogen-bond acceptors (Lipinski definition) is 6. The molecule has 2 aliphatic carbocycles. The molecule has 0 fully saturated rings. The molecule has 56 heavy (non-hydrogen) atoms. The molecule has 2 aromatic heterocycles. The maximum atomic E-state index is 10.3. The molecule has 0 saturated carbocycles. The molecule has 6 heterocycles. The van der Waals surface area contributed by atoms with Crippen LogP contribution in [0.2, 0.25) is 0 Å². The van der Waals surface area contributed by atoms with Gasteiger partial charge in [0.15, 0.2) is 16.7 Å². The number of hydrogen-bond donors (Lipinski definition) is 0. The van der Waals surface area contributed by atoms with Crippen molar-refractivity contribution in [3.8, 4) is 24.0 Å². The van der Waals surface area contributed by atoms with E-state index in [-0.39, 0.29) is 5.92 Å². The summed E-state index contributed by atoms with van der Waals surface area (Å²) in [6.07, 6.45) is 12.1. The largest absolute Gasteiger partial charge is 0.520 e. The van der Waals surface area contributed by atoms with Crippen molar-refractivity contribution in [3.63, 3.8) is 0 Å². The van der Waals surface area contributed by atoms with Gasteiger partial charge in [0.25, 0.3) is 0 Å². The van der Waals surface area contributed by atoms with Crippen LogP contribution in [0, 0.1) is 45.8 Å². The van der Waals surface area contributed by atoms with Crippen LogP contribution in [0.4, 0.5) is 11.6 Å². The van der Waals surface area contributed by atoms with Gasteiger partial charge in [0.1, 0.15) is 11.3 Å². The van der Waals surface area contributed by atoms with Gasteiger partial charge in [0, 0.05) is 46.1 Å². The lowest BCUT2D eigenvalue weighted by Gasteiger charge is -2.47. The number of rotatable bonds is 4. The number of allylic oxidation sites excluding steroid dienone is 8. The first-order valence-electron chi connectivity index (χ1n) is 18.7. The molecule has 9 nitrogen and oxygen atoms in total. The van der Waals surface area contributed by atoms with Crippen LogP contribution in [0.5, 0.6) is 0 Å². The van der Waals surface area contributed by atoms with Gasteiger partial charge < -0.3 is 18.1 Å². The molecule has 4 aliphatic heterocycles. The highest BCUT2D eigenvalue weighted by Gasteiger charge is 2.57. The lowest BCUT2D eigenvalue weighted by atomic mass is 9.73. The number of nitrogens with zero attached hydrogens (tertiary/aromatic N) is 8. The molecule has 4 aromatic carbocycles. The molecule has 10 heteroatoms. The van der Waals surface area contributed by atoms with E-state index >= 15 is 0 Å². The van der Waals surface area contributed by atoms with Gasteiger partial charge in [-0.05, 0) is 53.1 Å². The van der Waals surface area contributed by atoms with Crippen molar-refractivity contribution >= 4 is 57.2 Å². The lowest BCUT2D eigenvalue weighted by Crippen LogP contribution is -2.73. The van der Waals surface area contributed by atoms with Gasteiger partial charge in [-0.25, -0.2) is 4.99 Å². The van der Waals surface area contributed by atoms with Crippen molar-refractivity contribution in [1.29, 1.82) is 10.5 Å². The van der Waals surface area contributed by atoms with E-state index in [0.29, 0.717) is 18.6 Å². The first kappa shape index (κ1) is 30.8. The highest BCUT2D eigenvalue weighted by atomic mass is 16.5. The van der Waals surface area contributed by atoms with E-state index in [4.69, 9.17) is 19.6 Å². The summed E-state index contributed by atoms with van der Waals surface area (Å²) in [4.78, 5) is 16.1. The fraction of sp³-hybridized carbons (Fsp3) is 0.0870. The Hall–Kier alpha value is -7.58. The van der Waals surface area contributed by atoms with E-state index in [9.17, 15) is 10.5 Å². The van der Waals surface area contributed by atoms with Crippen LogP contribution in [0.15, 0.2) is 154 Å². The van der Waals surface area contributed by atoms with Gasteiger partial charge in [-0.3, -0.25) is 0 Å². The molecule has 0 bridgehead atoms. The Morgan fingerprint density at radius 3 is 2.16 bits per heavy atom. The normalized spacial score (nSPS) is 20.6. The van der Waals surface area contributed by atoms with E-state index in [0.717, 1.165) is 83.7 Å². The quantitative estimate of drug-likeness (QED) is 0.114. The SMILES string of the molecule is N#CC1(C#N)C(c2ccc(C#CCCO[B-]34n5c6c7ccccc7c5N=c5c7ccccc7c(n53)=NC3=[N+]4C(=N6)c4ccccc43)cc2)=CC2=CC=CC=C[C@H]21. The average Bonchev–Trinajstić information content (AvgIpc) is 3.90. The molecule has 0 spiro atoms. The zero-order valence-electron chi connectivity index (χ0n) is 29.8. The van der Waals surface area contributed by atoms with Crippen LogP contribution in [0.25, 0.3) is 27.1 Å². The van der Waals surface area contributed by atoms with Crippen molar-refractivity contribution in [2.24, 2.45) is 26.3 Å². The maximum absolute atomic E-state index is 10.3. The minimum absolute atomic E-state index is 0.320. The summed E-state index contributed by atoms with van der Waals surface area (Å²) in [6.45, 7) is -1.90.